The van der Waals surface area contributed by atoms with Crippen LogP contribution in [0.5, 0.6) is 0 Å². The molecule has 0 radical (unpaired) electrons. The maximum atomic E-state index is 14.8. The van der Waals surface area contributed by atoms with Crippen LogP contribution in [0.2, 0.25) is 0 Å². The summed E-state index contributed by atoms with van der Waals surface area (Å²) in [7, 11) is -3.96. The molecule has 0 aliphatic carbocycles. The molecule has 11 heteroatoms. The number of amides is 1. The van der Waals surface area contributed by atoms with Gasteiger partial charge < -0.3 is 14.6 Å². The SMILES string of the molecule is CC(C)(C)OC(=O)N1C[C@H](F)CC1(CCC(OS(C)(=O)=O)C(C)(C)O)C(=O)OCc1ccccc1. The smallest absolute Gasteiger partial charge is 0.411 e. The Morgan fingerprint density at radius 1 is 1.20 bits per heavy atom. The van der Waals surface area contributed by atoms with Crippen molar-refractivity contribution in [1.29, 1.82) is 0 Å². The van der Waals surface area contributed by atoms with E-state index in [-0.39, 0.29) is 25.9 Å². The first-order valence-electron chi connectivity index (χ1n) is 11.4. The Morgan fingerprint density at radius 3 is 2.31 bits per heavy atom. The molecule has 2 unspecified atom stereocenters. The first-order valence-corrected chi connectivity index (χ1v) is 13.2. The topological polar surface area (TPSA) is 119 Å². The van der Waals surface area contributed by atoms with Crippen molar-refractivity contribution >= 4 is 22.2 Å². The van der Waals surface area contributed by atoms with Crippen LogP contribution in [0.25, 0.3) is 0 Å². The molecule has 1 N–H and O–H groups in total. The molecule has 1 aliphatic rings. The van der Waals surface area contributed by atoms with Gasteiger partial charge in [0.15, 0.2) is 0 Å². The second-order valence-electron chi connectivity index (χ2n) is 10.5. The lowest BCUT2D eigenvalue weighted by molar-refractivity contribution is -0.159. The lowest BCUT2D eigenvalue weighted by atomic mass is 9.86. The van der Waals surface area contributed by atoms with Crippen molar-refractivity contribution in [3.8, 4) is 0 Å². The first kappa shape index (κ1) is 29.0. The number of halogens is 1. The summed E-state index contributed by atoms with van der Waals surface area (Å²) in [5.41, 5.74) is -3.59. The highest BCUT2D eigenvalue weighted by Crippen LogP contribution is 2.39. The molecule has 0 bridgehead atoms. The van der Waals surface area contributed by atoms with Crippen LogP contribution >= 0.6 is 0 Å². The fourth-order valence-electron chi connectivity index (χ4n) is 3.97. The number of alkyl halides is 1. The molecule has 9 nitrogen and oxygen atoms in total. The molecule has 1 fully saturated rings. The summed E-state index contributed by atoms with van der Waals surface area (Å²) in [5.74, 6) is -0.846. The van der Waals surface area contributed by atoms with Gasteiger partial charge in [0.05, 0.1) is 18.4 Å². The van der Waals surface area contributed by atoms with Gasteiger partial charge in [-0.15, -0.1) is 0 Å². The van der Waals surface area contributed by atoms with E-state index in [4.69, 9.17) is 13.7 Å². The Kier molecular flexibility index (Phi) is 8.94. The van der Waals surface area contributed by atoms with Crippen molar-refractivity contribution < 1.29 is 41.2 Å². The third-order valence-corrected chi connectivity index (χ3v) is 6.14. The monoisotopic (exact) mass is 517 g/mol. The summed E-state index contributed by atoms with van der Waals surface area (Å²) in [5, 5.41) is 10.5. The Balaban J connectivity index is 2.39. The standard InChI is InChI=1S/C24H36FNO8S/c1-22(2,3)33-21(28)26-15-18(25)14-24(26,20(27)32-16-17-10-8-7-9-11-17)13-12-19(23(4,5)29)34-35(6,30)31/h7-11,18-19,29H,12-16H2,1-6H3/t18-,19?,24?/m1/s1. The minimum Gasteiger partial charge on any atom is -0.459 e. The summed E-state index contributed by atoms with van der Waals surface area (Å²) in [6.45, 7) is 7.17. The number of esters is 1. The van der Waals surface area contributed by atoms with Gasteiger partial charge in [-0.25, -0.2) is 14.0 Å². The summed E-state index contributed by atoms with van der Waals surface area (Å²) < 4.78 is 54.3. The zero-order valence-electron chi connectivity index (χ0n) is 21.1. The number of hydrogen-bond donors (Lipinski definition) is 1. The van der Waals surface area contributed by atoms with Crippen LogP contribution in [0.3, 0.4) is 0 Å². The molecule has 0 spiro atoms. The maximum absolute atomic E-state index is 14.8. The Labute approximate surface area is 206 Å². The van der Waals surface area contributed by atoms with Crippen molar-refractivity contribution in [2.45, 2.75) is 89.5 Å². The molecule has 3 atom stereocenters. The molecule has 0 aromatic heterocycles. The second-order valence-corrected chi connectivity index (χ2v) is 12.1. The molecule has 2 rings (SSSR count). The van der Waals surface area contributed by atoms with Gasteiger partial charge in [0.25, 0.3) is 10.1 Å². The van der Waals surface area contributed by atoms with Crippen molar-refractivity contribution in [1.82, 2.24) is 4.90 Å². The van der Waals surface area contributed by atoms with Gasteiger partial charge in [0.2, 0.25) is 0 Å². The van der Waals surface area contributed by atoms with E-state index in [2.05, 4.69) is 0 Å². The molecule has 1 saturated heterocycles. The third-order valence-electron chi connectivity index (χ3n) is 5.56. The van der Waals surface area contributed by atoms with E-state index in [1.165, 1.54) is 13.8 Å². The lowest BCUT2D eigenvalue weighted by Gasteiger charge is -2.38. The predicted molar refractivity (Wildman–Crippen MR) is 127 cm³/mol. The molecular weight excluding hydrogens is 481 g/mol. The minimum absolute atomic E-state index is 0.102. The molecule has 1 aromatic rings. The number of likely N-dealkylation sites (tertiary alicyclic amines) is 1. The van der Waals surface area contributed by atoms with Crippen LogP contribution in [-0.4, -0.2) is 72.3 Å². The highest BCUT2D eigenvalue weighted by molar-refractivity contribution is 7.86. The van der Waals surface area contributed by atoms with Gasteiger partial charge in [-0.3, -0.25) is 9.08 Å². The molecule has 1 aliphatic heterocycles. The van der Waals surface area contributed by atoms with Crippen molar-refractivity contribution in [3.05, 3.63) is 35.9 Å². The van der Waals surface area contributed by atoms with E-state index in [0.717, 1.165) is 11.2 Å². The van der Waals surface area contributed by atoms with Crippen LogP contribution < -0.4 is 0 Å². The van der Waals surface area contributed by atoms with E-state index < -0.39 is 57.7 Å². The normalized spacial score (nSPS) is 22.1. The first-order chi connectivity index (χ1) is 15.9. The predicted octanol–water partition coefficient (Wildman–Crippen LogP) is 3.34. The fourth-order valence-corrected chi connectivity index (χ4v) is 4.72. The van der Waals surface area contributed by atoms with E-state index in [9.17, 15) is 27.5 Å². The van der Waals surface area contributed by atoms with Crippen molar-refractivity contribution in [3.63, 3.8) is 0 Å². The summed E-state index contributed by atoms with van der Waals surface area (Å²) in [6, 6.07) is 8.86. The number of aliphatic hydroxyl groups is 1. The van der Waals surface area contributed by atoms with E-state index in [1.54, 1.807) is 51.1 Å². The van der Waals surface area contributed by atoms with Crippen LogP contribution in [0.1, 0.15) is 59.4 Å². The van der Waals surface area contributed by atoms with E-state index in [0.29, 0.717) is 5.56 Å². The van der Waals surface area contributed by atoms with Crippen LogP contribution in [0.15, 0.2) is 30.3 Å². The second kappa shape index (κ2) is 10.8. The number of nitrogens with zero attached hydrogens (tertiary/aromatic N) is 1. The Bertz CT molecular complexity index is 987. The molecule has 1 aromatic carbocycles. The summed E-state index contributed by atoms with van der Waals surface area (Å²) in [6.07, 6.45) is -3.60. The molecule has 1 amide bonds. The molecule has 1 heterocycles. The number of carbonyl (C=O) groups is 2. The molecule has 35 heavy (non-hydrogen) atoms. The average Bonchev–Trinajstić information content (AvgIpc) is 3.05. The van der Waals surface area contributed by atoms with Gasteiger partial charge in [-0.1, -0.05) is 30.3 Å². The van der Waals surface area contributed by atoms with Gasteiger partial charge >= 0.3 is 12.1 Å². The van der Waals surface area contributed by atoms with Crippen molar-refractivity contribution in [2.75, 3.05) is 12.8 Å². The minimum atomic E-state index is -3.96. The van der Waals surface area contributed by atoms with Crippen LogP contribution in [-0.2, 0) is 35.2 Å². The number of hydrogen-bond acceptors (Lipinski definition) is 8. The highest BCUT2D eigenvalue weighted by Gasteiger charge is 2.56. The maximum Gasteiger partial charge on any atom is 0.411 e. The van der Waals surface area contributed by atoms with Gasteiger partial charge in [-0.05, 0) is 53.0 Å². The Hall–Kier alpha value is -2.24. The Morgan fingerprint density at radius 2 is 1.80 bits per heavy atom. The van der Waals surface area contributed by atoms with Gasteiger partial charge in [-0.2, -0.15) is 8.42 Å². The fraction of sp³-hybridized carbons (Fsp3) is 0.667. The van der Waals surface area contributed by atoms with E-state index >= 15 is 0 Å². The third kappa shape index (κ3) is 8.43. The van der Waals surface area contributed by atoms with E-state index in [1.807, 2.05) is 0 Å². The van der Waals surface area contributed by atoms with Gasteiger partial charge in [0.1, 0.15) is 30.0 Å². The average molecular weight is 518 g/mol. The molecule has 0 saturated carbocycles. The zero-order chi connectivity index (χ0) is 26.7. The van der Waals surface area contributed by atoms with Crippen LogP contribution in [0.4, 0.5) is 9.18 Å². The summed E-state index contributed by atoms with van der Waals surface area (Å²) >= 11 is 0. The molecular formula is C24H36FNO8S. The summed E-state index contributed by atoms with van der Waals surface area (Å²) in [4.78, 5) is 27.5. The zero-order valence-corrected chi connectivity index (χ0v) is 21.9. The number of rotatable bonds is 9. The largest absolute Gasteiger partial charge is 0.459 e. The number of benzene rings is 1. The van der Waals surface area contributed by atoms with Crippen molar-refractivity contribution in [2.24, 2.45) is 0 Å². The van der Waals surface area contributed by atoms with Crippen LogP contribution in [0, 0.1) is 0 Å². The van der Waals surface area contributed by atoms with Gasteiger partial charge in [0, 0.05) is 6.42 Å². The number of carbonyl (C=O) groups excluding carboxylic acids is 2. The lowest BCUT2D eigenvalue weighted by Crippen LogP contribution is -2.55. The highest BCUT2D eigenvalue weighted by atomic mass is 32.2. The molecule has 198 valence electrons. The number of ether oxygens (including phenoxy) is 2. The quantitative estimate of drug-likeness (QED) is 0.391.